The normalized spacial score (nSPS) is 24.3. The molecule has 0 spiro atoms. The van der Waals surface area contributed by atoms with E-state index in [9.17, 15) is 0 Å². The molecular weight excluding hydrogens is 232 g/mol. The molecule has 0 aliphatic heterocycles. The number of anilines is 1. The number of nitrogens with one attached hydrogen (secondary N) is 1. The van der Waals surface area contributed by atoms with Crippen molar-refractivity contribution in [2.24, 2.45) is 11.7 Å². The molecule has 1 aliphatic rings. The molecule has 2 atom stereocenters. The van der Waals surface area contributed by atoms with Crippen LogP contribution >= 0.6 is 11.3 Å². The second-order valence-electron chi connectivity index (χ2n) is 4.53. The zero-order chi connectivity index (χ0) is 11.7. The van der Waals surface area contributed by atoms with Crippen molar-refractivity contribution in [3.8, 4) is 0 Å². The standard InChI is InChI=1S/C12H16N4S/c13-6-8-2-1-3-9(8)16-12-11-10(4-5-17-11)14-7-15-12/h4-5,7-9H,1-3,6,13H2,(H,14,15,16). The van der Waals surface area contributed by atoms with Crippen molar-refractivity contribution < 1.29 is 0 Å². The van der Waals surface area contributed by atoms with Gasteiger partial charge in [0, 0.05) is 6.04 Å². The molecule has 3 N–H and O–H groups in total. The fourth-order valence-corrected chi connectivity index (χ4v) is 3.37. The smallest absolute Gasteiger partial charge is 0.147 e. The van der Waals surface area contributed by atoms with Gasteiger partial charge >= 0.3 is 0 Å². The summed E-state index contributed by atoms with van der Waals surface area (Å²) in [7, 11) is 0. The first-order valence-electron chi connectivity index (χ1n) is 6.03. The first-order valence-corrected chi connectivity index (χ1v) is 6.91. The second-order valence-corrected chi connectivity index (χ2v) is 5.45. The lowest BCUT2D eigenvalue weighted by Gasteiger charge is -2.20. The highest BCUT2D eigenvalue weighted by atomic mass is 32.1. The second kappa shape index (κ2) is 4.58. The number of rotatable bonds is 3. The highest BCUT2D eigenvalue weighted by Crippen LogP contribution is 2.31. The van der Waals surface area contributed by atoms with E-state index in [1.807, 2.05) is 6.07 Å². The van der Waals surface area contributed by atoms with Crippen LogP contribution in [0.25, 0.3) is 10.2 Å². The van der Waals surface area contributed by atoms with Crippen molar-refractivity contribution in [1.82, 2.24) is 9.97 Å². The van der Waals surface area contributed by atoms with Gasteiger partial charge in [0.05, 0.1) is 10.2 Å². The fraction of sp³-hybridized carbons (Fsp3) is 0.500. The van der Waals surface area contributed by atoms with Gasteiger partial charge in [0.15, 0.2) is 0 Å². The van der Waals surface area contributed by atoms with Gasteiger partial charge in [-0.1, -0.05) is 6.42 Å². The molecule has 2 heterocycles. The molecule has 0 saturated heterocycles. The van der Waals surface area contributed by atoms with Crippen LogP contribution in [0.1, 0.15) is 19.3 Å². The highest BCUT2D eigenvalue weighted by Gasteiger charge is 2.26. The van der Waals surface area contributed by atoms with Crippen LogP contribution in [0, 0.1) is 5.92 Å². The minimum atomic E-state index is 0.472. The Kier molecular flexibility index (Phi) is 2.94. The Morgan fingerprint density at radius 3 is 3.24 bits per heavy atom. The van der Waals surface area contributed by atoms with E-state index in [-0.39, 0.29) is 0 Å². The monoisotopic (exact) mass is 248 g/mol. The van der Waals surface area contributed by atoms with E-state index >= 15 is 0 Å². The van der Waals surface area contributed by atoms with Crippen molar-refractivity contribution in [3.05, 3.63) is 17.8 Å². The number of hydrogen-bond acceptors (Lipinski definition) is 5. The van der Waals surface area contributed by atoms with E-state index < -0.39 is 0 Å². The molecule has 0 amide bonds. The summed E-state index contributed by atoms with van der Waals surface area (Å²) >= 11 is 1.69. The molecule has 1 saturated carbocycles. The topological polar surface area (TPSA) is 63.8 Å². The maximum absolute atomic E-state index is 5.80. The molecule has 2 aromatic rings. The van der Waals surface area contributed by atoms with Gasteiger partial charge in [0.2, 0.25) is 0 Å². The van der Waals surface area contributed by atoms with Gasteiger partial charge in [-0.15, -0.1) is 11.3 Å². The van der Waals surface area contributed by atoms with Crippen LogP contribution in [0.3, 0.4) is 0 Å². The lowest BCUT2D eigenvalue weighted by atomic mass is 10.0. The average molecular weight is 248 g/mol. The first-order chi connectivity index (χ1) is 8.38. The molecule has 1 aliphatic carbocycles. The maximum Gasteiger partial charge on any atom is 0.147 e. The summed E-state index contributed by atoms with van der Waals surface area (Å²) in [6.45, 7) is 0.760. The van der Waals surface area contributed by atoms with Gasteiger partial charge < -0.3 is 11.1 Å². The molecule has 1 fully saturated rings. The first kappa shape index (κ1) is 10.9. The number of fused-ring (bicyclic) bond motifs is 1. The van der Waals surface area contributed by atoms with E-state index in [0.717, 1.165) is 22.6 Å². The van der Waals surface area contributed by atoms with Crippen LogP contribution < -0.4 is 11.1 Å². The molecule has 2 unspecified atom stereocenters. The molecule has 0 radical (unpaired) electrons. The molecule has 17 heavy (non-hydrogen) atoms. The van der Waals surface area contributed by atoms with Gasteiger partial charge in [-0.05, 0) is 36.8 Å². The predicted octanol–water partition coefficient (Wildman–Crippen LogP) is 2.23. The van der Waals surface area contributed by atoms with E-state index in [1.54, 1.807) is 17.7 Å². The number of hydrogen-bond donors (Lipinski definition) is 2. The molecule has 5 heteroatoms. The van der Waals surface area contributed by atoms with Crippen LogP contribution in [0.4, 0.5) is 5.82 Å². The third-order valence-corrected chi connectivity index (χ3v) is 4.44. The number of nitrogens with two attached hydrogens (primary N) is 1. The van der Waals surface area contributed by atoms with E-state index in [1.165, 1.54) is 19.3 Å². The Morgan fingerprint density at radius 1 is 1.41 bits per heavy atom. The van der Waals surface area contributed by atoms with Gasteiger partial charge in [0.25, 0.3) is 0 Å². The van der Waals surface area contributed by atoms with Gasteiger partial charge in [0.1, 0.15) is 12.1 Å². The molecule has 90 valence electrons. The minimum absolute atomic E-state index is 0.472. The Morgan fingerprint density at radius 2 is 2.35 bits per heavy atom. The SMILES string of the molecule is NCC1CCCC1Nc1ncnc2ccsc12. The molecule has 0 bridgehead atoms. The fourth-order valence-electron chi connectivity index (χ4n) is 2.58. The number of aromatic nitrogens is 2. The summed E-state index contributed by atoms with van der Waals surface area (Å²) in [4.78, 5) is 8.61. The van der Waals surface area contributed by atoms with Gasteiger partial charge in [-0.25, -0.2) is 9.97 Å². The highest BCUT2D eigenvalue weighted by molar-refractivity contribution is 7.17. The Balaban J connectivity index is 1.87. The third-order valence-electron chi connectivity index (χ3n) is 3.53. The summed E-state index contributed by atoms with van der Waals surface area (Å²) in [5, 5.41) is 5.61. The minimum Gasteiger partial charge on any atom is -0.366 e. The van der Waals surface area contributed by atoms with Gasteiger partial charge in [-0.3, -0.25) is 0 Å². The van der Waals surface area contributed by atoms with Crippen LogP contribution in [0.15, 0.2) is 17.8 Å². The molecule has 4 nitrogen and oxygen atoms in total. The average Bonchev–Trinajstić information content (AvgIpc) is 2.97. The summed E-state index contributed by atoms with van der Waals surface area (Å²) < 4.78 is 1.15. The Hall–Kier alpha value is -1.20. The maximum atomic E-state index is 5.80. The summed E-state index contributed by atoms with van der Waals surface area (Å²) in [5.41, 5.74) is 6.82. The zero-order valence-corrected chi connectivity index (χ0v) is 10.4. The van der Waals surface area contributed by atoms with Crippen molar-refractivity contribution in [2.75, 3.05) is 11.9 Å². The summed E-state index contributed by atoms with van der Waals surface area (Å²) in [6, 6.07) is 2.50. The van der Waals surface area contributed by atoms with E-state index in [4.69, 9.17) is 5.73 Å². The largest absolute Gasteiger partial charge is 0.366 e. The van der Waals surface area contributed by atoms with Crippen molar-refractivity contribution in [3.63, 3.8) is 0 Å². The van der Waals surface area contributed by atoms with Crippen molar-refractivity contribution in [2.45, 2.75) is 25.3 Å². The molecule has 2 aromatic heterocycles. The van der Waals surface area contributed by atoms with Gasteiger partial charge in [-0.2, -0.15) is 0 Å². The van der Waals surface area contributed by atoms with Crippen LogP contribution in [0.2, 0.25) is 0 Å². The zero-order valence-electron chi connectivity index (χ0n) is 9.60. The Bertz CT molecular complexity index is 510. The van der Waals surface area contributed by atoms with E-state index in [2.05, 4.69) is 20.7 Å². The van der Waals surface area contributed by atoms with Crippen molar-refractivity contribution in [1.29, 1.82) is 0 Å². The summed E-state index contributed by atoms with van der Waals surface area (Å²) in [6.07, 6.45) is 5.31. The number of thiophene rings is 1. The number of nitrogens with zero attached hydrogens (tertiary/aromatic N) is 2. The Labute approximate surface area is 104 Å². The third kappa shape index (κ3) is 2.00. The summed E-state index contributed by atoms with van der Waals surface area (Å²) in [5.74, 6) is 1.55. The molecule has 0 aromatic carbocycles. The lowest BCUT2D eigenvalue weighted by molar-refractivity contribution is 0.516. The van der Waals surface area contributed by atoms with Crippen molar-refractivity contribution >= 4 is 27.4 Å². The quantitative estimate of drug-likeness (QED) is 0.874. The molecule has 3 rings (SSSR count). The van der Waals surface area contributed by atoms with Crippen LogP contribution in [-0.2, 0) is 0 Å². The van der Waals surface area contributed by atoms with Crippen LogP contribution in [-0.4, -0.2) is 22.6 Å². The molecular formula is C12H16N4S. The lowest BCUT2D eigenvalue weighted by Crippen LogP contribution is -2.29. The van der Waals surface area contributed by atoms with E-state index in [0.29, 0.717) is 12.0 Å². The van der Waals surface area contributed by atoms with Crippen LogP contribution in [0.5, 0.6) is 0 Å². The predicted molar refractivity (Wildman–Crippen MR) is 71.2 cm³/mol.